The van der Waals surface area contributed by atoms with Gasteiger partial charge in [0.1, 0.15) is 0 Å². The summed E-state index contributed by atoms with van der Waals surface area (Å²) in [5.41, 5.74) is 36.0. The van der Waals surface area contributed by atoms with E-state index in [1.807, 2.05) is 11.3 Å². The number of para-hydroxylation sites is 6. The maximum atomic E-state index is 2.51. The van der Waals surface area contributed by atoms with Gasteiger partial charge in [-0.15, -0.1) is 11.3 Å². The molecule has 0 spiro atoms. The molecule has 24 aromatic rings. The van der Waals surface area contributed by atoms with Gasteiger partial charge in [0.25, 0.3) is 0 Å². The normalized spacial score (nSPS) is 13.3. The first kappa shape index (κ1) is 68.4. The molecule has 6 heteroatoms. The van der Waals surface area contributed by atoms with Gasteiger partial charge in [-0.3, -0.25) is 0 Å². The molecule has 120 heavy (non-hydrogen) atoms. The molecule has 0 saturated heterocycles. The first-order valence-corrected chi connectivity index (χ1v) is 42.6. The predicted octanol–water partition coefficient (Wildman–Crippen LogP) is 30.8. The van der Waals surface area contributed by atoms with Crippen molar-refractivity contribution in [3.05, 3.63) is 417 Å². The van der Waals surface area contributed by atoms with Crippen LogP contribution < -0.4 is 0 Å². The average molecular weight is 1550 g/mol. The molecule has 6 heterocycles. The summed E-state index contributed by atoms with van der Waals surface area (Å²) in [4.78, 5) is 0. The molecule has 0 fully saturated rings. The lowest BCUT2D eigenvalue weighted by Crippen LogP contribution is -2.14. The summed E-state index contributed by atoms with van der Waals surface area (Å²) < 4.78 is 14.9. The molecule has 26 rings (SSSR count). The van der Waals surface area contributed by atoms with Gasteiger partial charge in [-0.05, 0) is 236 Å². The monoisotopic (exact) mass is 1550 g/mol. The van der Waals surface area contributed by atoms with Gasteiger partial charge < -0.3 is 22.8 Å². The van der Waals surface area contributed by atoms with E-state index in [-0.39, 0.29) is 10.8 Å². The highest BCUT2D eigenvalue weighted by atomic mass is 32.1. The van der Waals surface area contributed by atoms with E-state index in [4.69, 9.17) is 0 Å². The largest absolute Gasteiger partial charge is 0.309 e. The highest BCUT2D eigenvalue weighted by molar-refractivity contribution is 7.26. The SMILES string of the molecule is CC1(C)c2ccccc2-c2cc3c4cc(-c5ccc6c(c5)c5ccccc5n6-c5ccccc5)ccc4n(-c4ccc(-c5cccc6c5sc5ccccc56)cc4)c3cc21.CC1(C)c2ccccc2-c2cc3c4cc(-c5ccc6c7ccccc7n(-c7ccccc7)c6c5)ccc4n(-c4ccc5c(c4)c4ccccc4n5-c4ccccc4)c3cc21. The summed E-state index contributed by atoms with van der Waals surface area (Å²) in [5.74, 6) is 0. The van der Waals surface area contributed by atoms with Crippen LogP contribution in [-0.2, 0) is 10.8 Å². The van der Waals surface area contributed by atoms with Gasteiger partial charge in [0.05, 0.1) is 55.2 Å². The summed E-state index contributed by atoms with van der Waals surface area (Å²) in [7, 11) is 0. The lowest BCUT2D eigenvalue weighted by molar-refractivity contribution is 0.661. The van der Waals surface area contributed by atoms with Crippen molar-refractivity contribution in [2.75, 3.05) is 0 Å². The number of fused-ring (bicyclic) bond motifs is 24. The third kappa shape index (κ3) is 10.0. The van der Waals surface area contributed by atoms with Crippen molar-refractivity contribution in [2.45, 2.75) is 38.5 Å². The van der Waals surface area contributed by atoms with Crippen LogP contribution >= 0.6 is 11.3 Å². The van der Waals surface area contributed by atoms with Crippen molar-refractivity contribution in [2.24, 2.45) is 0 Å². The third-order valence-electron chi connectivity index (χ3n) is 26.7. The molecule has 5 nitrogen and oxygen atoms in total. The number of thiophene rings is 1. The fourth-order valence-corrected chi connectivity index (χ4v) is 22.3. The fourth-order valence-electron chi connectivity index (χ4n) is 21.1. The zero-order valence-electron chi connectivity index (χ0n) is 66.7. The molecule has 0 amide bonds. The van der Waals surface area contributed by atoms with Gasteiger partial charge in [0, 0.05) is 113 Å². The maximum Gasteiger partial charge on any atom is 0.0547 e. The predicted molar refractivity (Wildman–Crippen MR) is 509 cm³/mol. The molecule has 0 unspecified atom stereocenters. The molecule has 0 N–H and O–H groups in total. The van der Waals surface area contributed by atoms with Gasteiger partial charge in [-0.25, -0.2) is 0 Å². The van der Waals surface area contributed by atoms with Crippen molar-refractivity contribution in [1.29, 1.82) is 0 Å². The minimum Gasteiger partial charge on any atom is -0.309 e. The van der Waals surface area contributed by atoms with E-state index in [0.717, 1.165) is 5.69 Å². The van der Waals surface area contributed by atoms with Crippen molar-refractivity contribution < 1.29 is 0 Å². The molecule has 2 aliphatic carbocycles. The Hall–Kier alpha value is -14.8. The smallest absolute Gasteiger partial charge is 0.0547 e. The number of rotatable bonds is 8. The van der Waals surface area contributed by atoms with E-state index in [1.165, 1.54) is 230 Å². The molecule has 0 bridgehead atoms. The summed E-state index contributed by atoms with van der Waals surface area (Å²) >= 11 is 1.89. The number of aromatic nitrogens is 5. The Morgan fingerprint density at radius 3 is 1.00 bits per heavy atom. The van der Waals surface area contributed by atoms with Crippen LogP contribution in [0.3, 0.4) is 0 Å². The highest BCUT2D eigenvalue weighted by Gasteiger charge is 2.38. The topological polar surface area (TPSA) is 24.6 Å². The van der Waals surface area contributed by atoms with Gasteiger partial charge >= 0.3 is 0 Å². The van der Waals surface area contributed by atoms with Crippen LogP contribution in [0.2, 0.25) is 0 Å². The lowest BCUT2D eigenvalue weighted by atomic mass is 9.82. The van der Waals surface area contributed by atoms with Crippen LogP contribution in [-0.4, -0.2) is 22.8 Å². The van der Waals surface area contributed by atoms with E-state index >= 15 is 0 Å². The molecular weight excluding hydrogens is 1470 g/mol. The van der Waals surface area contributed by atoms with E-state index in [1.54, 1.807) is 0 Å². The van der Waals surface area contributed by atoms with Crippen LogP contribution in [0.25, 0.3) is 213 Å². The molecule has 0 saturated carbocycles. The van der Waals surface area contributed by atoms with Crippen molar-refractivity contribution in [3.8, 4) is 84.1 Å². The van der Waals surface area contributed by atoms with Gasteiger partial charge in [0.2, 0.25) is 0 Å². The minimum atomic E-state index is -0.119. The van der Waals surface area contributed by atoms with E-state index in [2.05, 4.69) is 445 Å². The molecule has 6 aromatic heterocycles. The fraction of sp³-hybridized carbons (Fsp3) is 0.0526. The van der Waals surface area contributed by atoms with Crippen LogP contribution in [0.1, 0.15) is 49.9 Å². The van der Waals surface area contributed by atoms with Crippen molar-refractivity contribution in [3.63, 3.8) is 0 Å². The van der Waals surface area contributed by atoms with E-state index < -0.39 is 0 Å². The second-order valence-corrected chi connectivity index (χ2v) is 34.9. The summed E-state index contributed by atoms with van der Waals surface area (Å²) in [5, 5.41) is 15.3. The van der Waals surface area contributed by atoms with Crippen LogP contribution in [0, 0.1) is 0 Å². The first-order chi connectivity index (χ1) is 59.0. The van der Waals surface area contributed by atoms with Crippen LogP contribution in [0.4, 0.5) is 0 Å². The summed E-state index contributed by atoms with van der Waals surface area (Å²) in [6.07, 6.45) is 0. The quantitative estimate of drug-likeness (QED) is 0.145. The molecular formula is C114H77N5S. The second-order valence-electron chi connectivity index (χ2n) is 33.9. The Morgan fingerprint density at radius 2 is 0.492 bits per heavy atom. The number of nitrogens with zero attached hydrogens (tertiary/aromatic N) is 5. The van der Waals surface area contributed by atoms with Gasteiger partial charge in [-0.2, -0.15) is 0 Å². The number of hydrogen-bond acceptors (Lipinski definition) is 1. The van der Waals surface area contributed by atoms with E-state index in [9.17, 15) is 0 Å². The van der Waals surface area contributed by atoms with Gasteiger partial charge in [0.15, 0.2) is 0 Å². The highest BCUT2D eigenvalue weighted by Crippen LogP contribution is 2.55. The van der Waals surface area contributed by atoms with Crippen molar-refractivity contribution >= 4 is 141 Å². The molecule has 0 atom stereocenters. The van der Waals surface area contributed by atoms with Crippen LogP contribution in [0.15, 0.2) is 394 Å². The summed E-state index contributed by atoms with van der Waals surface area (Å²) in [6.45, 7) is 9.51. The minimum absolute atomic E-state index is 0.103. The Bertz CT molecular complexity index is 8450. The Kier molecular flexibility index (Phi) is 14.7. The molecule has 564 valence electrons. The molecule has 2 aliphatic rings. The lowest BCUT2D eigenvalue weighted by Gasteiger charge is -2.21. The zero-order chi connectivity index (χ0) is 79.4. The van der Waals surface area contributed by atoms with Gasteiger partial charge in [-0.1, -0.05) is 264 Å². The Balaban J connectivity index is 0.000000133. The van der Waals surface area contributed by atoms with Crippen LogP contribution in [0.5, 0.6) is 0 Å². The molecule has 18 aromatic carbocycles. The number of benzene rings is 18. The van der Waals surface area contributed by atoms with Crippen molar-refractivity contribution in [1.82, 2.24) is 22.8 Å². The standard InChI is InChI=1S/C57H39N3.C57H38N2S/c1-57(2)49-22-12-9-19-41(49)45-34-48-46-31-36(37-25-28-44-42-20-10-13-23-51(42)59(55(44)32-37)39-17-7-4-8-18-39)26-29-53(46)60(56(48)35-50(45)57)40-27-30-54-47(33-40)43-21-11-14-24-52(43)58(54)38-15-5-3-6-16-38;1-57(2)49-20-9-6-15-41(49)45-33-48-47-32-37(36-25-29-52-46(31-36)42-16-7-10-21-51(42)58(52)38-13-4-3-5-14-38)26-30-53(47)59(54(48)34-50(45)57)39-27-23-35(24-28-39)40-18-12-19-44-43-17-8-11-22-55(43)60-56(40)44/h3-35H,1-2H3;3-34H,1-2H3. The second kappa shape index (κ2) is 25.8. The Labute approximate surface area is 697 Å². The summed E-state index contributed by atoms with van der Waals surface area (Å²) in [6, 6.07) is 146. The zero-order valence-corrected chi connectivity index (χ0v) is 67.5. The third-order valence-corrected chi connectivity index (χ3v) is 28.0. The Morgan fingerprint density at radius 1 is 0.175 bits per heavy atom. The maximum absolute atomic E-state index is 2.51. The number of hydrogen-bond donors (Lipinski definition) is 0. The first-order valence-electron chi connectivity index (χ1n) is 41.8. The molecule has 0 aliphatic heterocycles. The average Bonchev–Trinajstić information content (AvgIpc) is 1.53. The van der Waals surface area contributed by atoms with E-state index in [0.29, 0.717) is 0 Å². The molecule has 0 radical (unpaired) electrons.